The molecule has 1 aliphatic heterocycles. The molecule has 0 bridgehead atoms. The number of hydrogen-bond acceptors (Lipinski definition) is 7. The number of aromatic carboxylic acids is 1. The molecule has 10 heteroatoms. The summed E-state index contributed by atoms with van der Waals surface area (Å²) in [5.41, 5.74) is -0.284. The normalized spacial score (nSPS) is 15.4. The van der Waals surface area contributed by atoms with Gasteiger partial charge in [0.15, 0.2) is 0 Å². The lowest BCUT2D eigenvalue weighted by molar-refractivity contribution is -0.127. The number of nitrogens with zero attached hydrogens (tertiary/aromatic N) is 1. The fourth-order valence-corrected chi connectivity index (χ4v) is 3.09. The van der Waals surface area contributed by atoms with Crippen LogP contribution in [0.15, 0.2) is 45.9 Å². The number of hydrogen-bond donors (Lipinski definition) is 3. The molecule has 2 aromatic rings. The number of amides is 3. The SMILES string of the molecule is O=C(CN1C(=O)S/C(=C/c2ccco2)C1=O)Nc1ccc(O)c(C(=O)O)c1. The molecule has 1 aromatic heterocycles. The number of benzene rings is 1. The van der Waals surface area contributed by atoms with Gasteiger partial charge in [0.25, 0.3) is 11.1 Å². The average Bonchev–Trinajstić information content (AvgIpc) is 3.21. The first-order valence-corrected chi connectivity index (χ1v) is 8.32. The van der Waals surface area contributed by atoms with Crippen molar-refractivity contribution in [1.29, 1.82) is 0 Å². The zero-order valence-corrected chi connectivity index (χ0v) is 14.4. The van der Waals surface area contributed by atoms with Crippen molar-refractivity contribution in [3.8, 4) is 5.75 Å². The zero-order valence-electron chi connectivity index (χ0n) is 13.5. The Kier molecular flexibility index (Phi) is 4.99. The summed E-state index contributed by atoms with van der Waals surface area (Å²) in [6.45, 7) is -0.538. The third kappa shape index (κ3) is 4.01. The first kappa shape index (κ1) is 18.3. The van der Waals surface area contributed by atoms with Gasteiger partial charge in [-0.2, -0.15) is 0 Å². The second-order valence-electron chi connectivity index (χ2n) is 5.37. The number of nitrogens with one attached hydrogen (secondary N) is 1. The van der Waals surface area contributed by atoms with Crippen LogP contribution in [0.4, 0.5) is 10.5 Å². The van der Waals surface area contributed by atoms with Gasteiger partial charge in [0.2, 0.25) is 5.91 Å². The molecule has 1 aromatic carbocycles. The number of phenols is 1. The number of carbonyl (C=O) groups excluding carboxylic acids is 3. The molecule has 3 rings (SSSR count). The zero-order chi connectivity index (χ0) is 19.6. The predicted octanol–water partition coefficient (Wildman–Crippen LogP) is 2.36. The molecule has 0 spiro atoms. The lowest BCUT2D eigenvalue weighted by Crippen LogP contribution is -2.36. The Labute approximate surface area is 156 Å². The van der Waals surface area contributed by atoms with E-state index in [1.165, 1.54) is 18.4 Å². The highest BCUT2D eigenvalue weighted by atomic mass is 32.2. The van der Waals surface area contributed by atoms with E-state index in [9.17, 15) is 24.3 Å². The Morgan fingerprint density at radius 1 is 1.26 bits per heavy atom. The van der Waals surface area contributed by atoms with Crippen LogP contribution in [0.5, 0.6) is 5.75 Å². The minimum absolute atomic E-state index is 0.105. The number of carboxylic acid groups (broad SMARTS) is 1. The largest absolute Gasteiger partial charge is 0.507 e. The van der Waals surface area contributed by atoms with E-state index in [4.69, 9.17) is 9.52 Å². The molecule has 138 valence electrons. The first-order chi connectivity index (χ1) is 12.8. The van der Waals surface area contributed by atoms with Crippen molar-refractivity contribution in [3.63, 3.8) is 0 Å². The summed E-state index contributed by atoms with van der Waals surface area (Å²) in [4.78, 5) is 48.3. The maximum atomic E-state index is 12.3. The summed E-state index contributed by atoms with van der Waals surface area (Å²) in [6, 6.07) is 6.73. The number of imide groups is 1. The second kappa shape index (κ2) is 7.38. The van der Waals surface area contributed by atoms with Crippen LogP contribution in [0.25, 0.3) is 6.08 Å². The highest BCUT2D eigenvalue weighted by Gasteiger charge is 2.36. The van der Waals surface area contributed by atoms with Crippen molar-refractivity contribution in [2.45, 2.75) is 0 Å². The Morgan fingerprint density at radius 3 is 2.70 bits per heavy atom. The van der Waals surface area contributed by atoms with E-state index in [2.05, 4.69) is 5.32 Å². The summed E-state index contributed by atoms with van der Waals surface area (Å²) in [5.74, 6) is -2.74. The highest BCUT2D eigenvalue weighted by molar-refractivity contribution is 8.18. The lowest BCUT2D eigenvalue weighted by atomic mass is 10.2. The standard InChI is InChI=1S/C17H12N2O7S/c20-12-4-3-9(6-11(12)16(23)24)18-14(21)8-19-15(22)13(27-17(19)25)7-10-2-1-5-26-10/h1-7,20H,8H2,(H,18,21)(H,23,24)/b13-7+. The van der Waals surface area contributed by atoms with Crippen LogP contribution < -0.4 is 5.32 Å². The van der Waals surface area contributed by atoms with Crippen LogP contribution in [0, 0.1) is 0 Å². The van der Waals surface area contributed by atoms with Crippen molar-refractivity contribution < 1.29 is 33.8 Å². The van der Waals surface area contributed by atoms with Gasteiger partial charge in [0, 0.05) is 11.8 Å². The van der Waals surface area contributed by atoms with Gasteiger partial charge in [-0.05, 0) is 42.1 Å². The topological polar surface area (TPSA) is 137 Å². The van der Waals surface area contributed by atoms with Crippen molar-refractivity contribution in [1.82, 2.24) is 4.90 Å². The molecule has 0 saturated carbocycles. The van der Waals surface area contributed by atoms with E-state index in [0.717, 1.165) is 17.0 Å². The molecule has 0 aliphatic carbocycles. The number of anilines is 1. The molecular formula is C17H12N2O7S. The maximum absolute atomic E-state index is 12.3. The molecule has 1 saturated heterocycles. The monoisotopic (exact) mass is 388 g/mol. The molecule has 2 heterocycles. The maximum Gasteiger partial charge on any atom is 0.339 e. The number of thioether (sulfide) groups is 1. The van der Waals surface area contributed by atoms with Crippen LogP contribution in [-0.2, 0) is 9.59 Å². The summed E-state index contributed by atoms with van der Waals surface area (Å²) in [7, 11) is 0. The summed E-state index contributed by atoms with van der Waals surface area (Å²) >= 11 is 0.684. The third-order valence-electron chi connectivity index (χ3n) is 3.50. The quantitative estimate of drug-likeness (QED) is 0.524. The smallest absolute Gasteiger partial charge is 0.339 e. The van der Waals surface area contributed by atoms with Gasteiger partial charge in [0.1, 0.15) is 23.6 Å². The van der Waals surface area contributed by atoms with E-state index in [0.29, 0.717) is 17.5 Å². The van der Waals surface area contributed by atoms with E-state index in [-0.39, 0.29) is 16.2 Å². The van der Waals surface area contributed by atoms with Crippen LogP contribution in [0.1, 0.15) is 16.1 Å². The Hall–Kier alpha value is -3.53. The van der Waals surface area contributed by atoms with Gasteiger partial charge >= 0.3 is 5.97 Å². The fraction of sp³-hybridized carbons (Fsp3) is 0.0588. The number of carboxylic acids is 1. The van der Waals surface area contributed by atoms with E-state index in [1.807, 2.05) is 0 Å². The van der Waals surface area contributed by atoms with E-state index >= 15 is 0 Å². The minimum atomic E-state index is -1.36. The van der Waals surface area contributed by atoms with Gasteiger partial charge in [-0.15, -0.1) is 0 Å². The molecular weight excluding hydrogens is 376 g/mol. The molecule has 0 atom stereocenters. The van der Waals surface area contributed by atoms with Crippen LogP contribution in [0.3, 0.4) is 0 Å². The second-order valence-corrected chi connectivity index (χ2v) is 6.36. The Morgan fingerprint density at radius 2 is 2.04 bits per heavy atom. The molecule has 9 nitrogen and oxygen atoms in total. The van der Waals surface area contributed by atoms with Crippen LogP contribution in [0.2, 0.25) is 0 Å². The molecule has 3 amide bonds. The van der Waals surface area contributed by atoms with Gasteiger partial charge in [-0.1, -0.05) is 0 Å². The third-order valence-corrected chi connectivity index (χ3v) is 4.41. The average molecular weight is 388 g/mol. The highest BCUT2D eigenvalue weighted by Crippen LogP contribution is 2.32. The van der Waals surface area contributed by atoms with E-state index < -0.39 is 35.3 Å². The van der Waals surface area contributed by atoms with Crippen molar-refractivity contribution in [2.75, 3.05) is 11.9 Å². The molecule has 1 fully saturated rings. The molecule has 1 aliphatic rings. The van der Waals surface area contributed by atoms with Gasteiger partial charge < -0.3 is 19.9 Å². The lowest BCUT2D eigenvalue weighted by Gasteiger charge is -2.13. The Balaban J connectivity index is 1.69. The Bertz CT molecular complexity index is 966. The number of aromatic hydroxyl groups is 1. The number of carbonyl (C=O) groups is 4. The van der Waals surface area contributed by atoms with Crippen molar-refractivity contribution >= 4 is 46.5 Å². The summed E-state index contributed by atoms with van der Waals surface area (Å²) in [6.07, 6.45) is 2.83. The minimum Gasteiger partial charge on any atom is -0.507 e. The number of rotatable bonds is 5. The number of furan rings is 1. The summed E-state index contributed by atoms with van der Waals surface area (Å²) < 4.78 is 5.10. The summed E-state index contributed by atoms with van der Waals surface area (Å²) in [5, 5.41) is 20.2. The van der Waals surface area contributed by atoms with Crippen molar-refractivity contribution in [3.05, 3.63) is 52.8 Å². The molecule has 0 radical (unpaired) electrons. The van der Waals surface area contributed by atoms with E-state index in [1.54, 1.807) is 12.1 Å². The predicted molar refractivity (Wildman–Crippen MR) is 95.1 cm³/mol. The van der Waals surface area contributed by atoms with Crippen LogP contribution >= 0.6 is 11.8 Å². The van der Waals surface area contributed by atoms with Crippen molar-refractivity contribution in [2.24, 2.45) is 0 Å². The van der Waals surface area contributed by atoms with Crippen LogP contribution in [-0.4, -0.2) is 44.7 Å². The molecule has 0 unspecified atom stereocenters. The molecule has 3 N–H and O–H groups in total. The molecule has 27 heavy (non-hydrogen) atoms. The van der Waals surface area contributed by atoms with Gasteiger partial charge in [0.05, 0.1) is 11.2 Å². The van der Waals surface area contributed by atoms with Gasteiger partial charge in [-0.3, -0.25) is 19.3 Å². The van der Waals surface area contributed by atoms with Gasteiger partial charge in [-0.25, -0.2) is 4.79 Å². The fourth-order valence-electron chi connectivity index (χ4n) is 2.27. The first-order valence-electron chi connectivity index (χ1n) is 7.50.